The fourth-order valence-corrected chi connectivity index (χ4v) is 2.93. The van der Waals surface area contributed by atoms with Gasteiger partial charge < -0.3 is 10.5 Å². The molecule has 7 heteroatoms. The lowest BCUT2D eigenvalue weighted by Gasteiger charge is -2.13. The summed E-state index contributed by atoms with van der Waals surface area (Å²) in [6, 6.07) is 5.00. The van der Waals surface area contributed by atoms with Crippen LogP contribution in [-0.2, 0) is 22.1 Å². The molecule has 3 rings (SSSR count). The molecule has 0 saturated heterocycles. The number of hydrogen-bond donors (Lipinski definition) is 1. The maximum Gasteiger partial charge on any atom is 0.416 e. The Morgan fingerprint density at radius 2 is 1.96 bits per heavy atom. The van der Waals surface area contributed by atoms with Gasteiger partial charge >= 0.3 is 6.18 Å². The molecule has 2 N–H and O–H groups in total. The van der Waals surface area contributed by atoms with Gasteiger partial charge in [0.05, 0.1) is 11.7 Å². The van der Waals surface area contributed by atoms with E-state index in [9.17, 15) is 18.0 Å². The number of primary amides is 1. The van der Waals surface area contributed by atoms with E-state index >= 15 is 0 Å². The third-order valence-electron chi connectivity index (χ3n) is 4.04. The van der Waals surface area contributed by atoms with E-state index in [2.05, 4.69) is 4.98 Å². The van der Waals surface area contributed by atoms with Crippen LogP contribution in [0.5, 0.6) is 0 Å². The largest absolute Gasteiger partial charge is 0.416 e. The summed E-state index contributed by atoms with van der Waals surface area (Å²) in [5.74, 6) is -0.546. The van der Waals surface area contributed by atoms with Gasteiger partial charge in [-0.25, -0.2) is 0 Å². The fourth-order valence-electron chi connectivity index (χ4n) is 2.93. The third kappa shape index (κ3) is 3.26. The average Bonchev–Trinajstić information content (AvgIpc) is 2.95. The number of hydrogen-bond acceptors (Lipinski definition) is 3. The molecule has 0 bridgehead atoms. The van der Waals surface area contributed by atoms with E-state index in [0.717, 1.165) is 28.8 Å². The maximum atomic E-state index is 12.7. The lowest BCUT2D eigenvalue weighted by molar-refractivity contribution is -0.137. The minimum Gasteiger partial charge on any atom is -0.368 e. The molecular weight excluding hydrogens is 321 g/mol. The predicted molar refractivity (Wildman–Crippen MR) is 80.9 cm³/mol. The molecule has 1 unspecified atom stereocenters. The maximum absolute atomic E-state index is 12.7. The first-order chi connectivity index (χ1) is 11.4. The van der Waals surface area contributed by atoms with Gasteiger partial charge in [-0.05, 0) is 36.1 Å². The summed E-state index contributed by atoms with van der Waals surface area (Å²) in [6.45, 7) is -0.172. The molecule has 1 atom stereocenters. The minimum atomic E-state index is -4.36. The van der Waals surface area contributed by atoms with E-state index in [1.165, 1.54) is 12.1 Å². The van der Waals surface area contributed by atoms with Crippen LogP contribution < -0.4 is 5.73 Å². The van der Waals surface area contributed by atoms with Gasteiger partial charge in [-0.1, -0.05) is 12.1 Å². The highest BCUT2D eigenvalue weighted by molar-refractivity contribution is 5.75. The molecule has 0 saturated carbocycles. The Bertz CT molecular complexity index is 757. The molecule has 4 nitrogen and oxygen atoms in total. The topological polar surface area (TPSA) is 65.2 Å². The Morgan fingerprint density at radius 3 is 2.58 bits per heavy atom. The van der Waals surface area contributed by atoms with E-state index in [0.29, 0.717) is 18.4 Å². The van der Waals surface area contributed by atoms with Crippen LogP contribution in [0.15, 0.2) is 36.7 Å². The zero-order chi connectivity index (χ0) is 17.3. The number of halogens is 3. The summed E-state index contributed by atoms with van der Waals surface area (Å²) in [5, 5.41) is 0. The number of pyridine rings is 1. The van der Waals surface area contributed by atoms with E-state index in [4.69, 9.17) is 10.5 Å². The Morgan fingerprint density at radius 1 is 1.25 bits per heavy atom. The van der Waals surface area contributed by atoms with Crippen molar-refractivity contribution in [1.29, 1.82) is 0 Å². The molecule has 1 amide bonds. The van der Waals surface area contributed by atoms with Gasteiger partial charge in [-0.3, -0.25) is 9.78 Å². The van der Waals surface area contributed by atoms with Crippen molar-refractivity contribution in [3.63, 3.8) is 0 Å². The molecule has 0 radical (unpaired) electrons. The van der Waals surface area contributed by atoms with Gasteiger partial charge in [0.15, 0.2) is 0 Å². The van der Waals surface area contributed by atoms with Crippen LogP contribution in [0.4, 0.5) is 13.2 Å². The zero-order valence-corrected chi connectivity index (χ0v) is 12.6. The first kappa shape index (κ1) is 16.4. The van der Waals surface area contributed by atoms with Crippen molar-refractivity contribution in [1.82, 2.24) is 4.98 Å². The SMILES string of the molecule is NC(=O)COC1CCc2c(-c3ccc(C(F)(F)F)cc3)cncc21. The lowest BCUT2D eigenvalue weighted by atomic mass is 9.98. The number of rotatable bonds is 4. The second-order valence-electron chi connectivity index (χ2n) is 5.63. The summed E-state index contributed by atoms with van der Waals surface area (Å²) >= 11 is 0. The fraction of sp³-hybridized carbons (Fsp3) is 0.294. The molecule has 0 fully saturated rings. The van der Waals surface area contributed by atoms with Crippen molar-refractivity contribution in [2.45, 2.75) is 25.1 Å². The van der Waals surface area contributed by atoms with Crippen molar-refractivity contribution < 1.29 is 22.7 Å². The van der Waals surface area contributed by atoms with Crippen molar-refractivity contribution in [2.75, 3.05) is 6.61 Å². The second-order valence-corrected chi connectivity index (χ2v) is 5.63. The van der Waals surface area contributed by atoms with Crippen LogP contribution in [0.2, 0.25) is 0 Å². The number of carbonyl (C=O) groups is 1. The van der Waals surface area contributed by atoms with Gasteiger partial charge in [0, 0.05) is 23.5 Å². The lowest BCUT2D eigenvalue weighted by Crippen LogP contribution is -2.19. The summed E-state index contributed by atoms with van der Waals surface area (Å²) in [5.41, 5.74) is 7.70. The van der Waals surface area contributed by atoms with Crippen molar-refractivity contribution >= 4 is 5.91 Å². The average molecular weight is 336 g/mol. The molecular formula is C17H15F3N2O2. The first-order valence-corrected chi connectivity index (χ1v) is 7.40. The van der Waals surface area contributed by atoms with Gasteiger partial charge in [-0.2, -0.15) is 13.2 Å². The normalized spacial score (nSPS) is 16.9. The van der Waals surface area contributed by atoms with Gasteiger partial charge in [-0.15, -0.1) is 0 Å². The number of alkyl halides is 3. The molecule has 24 heavy (non-hydrogen) atoms. The number of benzene rings is 1. The van der Waals surface area contributed by atoms with Crippen LogP contribution >= 0.6 is 0 Å². The van der Waals surface area contributed by atoms with E-state index in [1.807, 2.05) is 0 Å². The van der Waals surface area contributed by atoms with Crippen LogP contribution in [0, 0.1) is 0 Å². The van der Waals surface area contributed by atoms with Gasteiger partial charge in [0.25, 0.3) is 0 Å². The van der Waals surface area contributed by atoms with E-state index in [1.54, 1.807) is 12.4 Å². The van der Waals surface area contributed by atoms with Crippen molar-refractivity contribution in [2.24, 2.45) is 5.73 Å². The molecule has 1 heterocycles. The van der Waals surface area contributed by atoms with Crippen LogP contribution in [0.3, 0.4) is 0 Å². The highest BCUT2D eigenvalue weighted by Gasteiger charge is 2.30. The molecule has 0 aliphatic heterocycles. The highest BCUT2D eigenvalue weighted by atomic mass is 19.4. The molecule has 1 aliphatic rings. The standard InChI is InChI=1S/C17H15F3N2O2/c18-17(19,20)11-3-1-10(2-4-11)13-7-22-8-14-12(13)5-6-15(14)24-9-16(21)23/h1-4,7-8,15H,5-6,9H2,(H2,21,23). The summed E-state index contributed by atoms with van der Waals surface area (Å²) in [7, 11) is 0. The Labute approximate surface area is 136 Å². The Balaban J connectivity index is 1.90. The smallest absolute Gasteiger partial charge is 0.368 e. The third-order valence-corrected chi connectivity index (χ3v) is 4.04. The van der Waals surface area contributed by atoms with Crippen molar-refractivity contribution in [3.05, 3.63) is 53.3 Å². The number of fused-ring (bicyclic) bond motifs is 1. The van der Waals surface area contributed by atoms with Crippen LogP contribution in [-0.4, -0.2) is 17.5 Å². The number of carbonyl (C=O) groups excluding carboxylic acids is 1. The molecule has 0 spiro atoms. The van der Waals surface area contributed by atoms with Crippen LogP contribution in [0.25, 0.3) is 11.1 Å². The molecule has 1 aromatic heterocycles. The molecule has 1 aromatic carbocycles. The Hall–Kier alpha value is -2.41. The van der Waals surface area contributed by atoms with Crippen molar-refractivity contribution in [3.8, 4) is 11.1 Å². The second kappa shape index (κ2) is 6.24. The number of aromatic nitrogens is 1. The predicted octanol–water partition coefficient (Wildman–Crippen LogP) is 3.26. The quantitative estimate of drug-likeness (QED) is 0.932. The summed E-state index contributed by atoms with van der Waals surface area (Å²) in [4.78, 5) is 15.0. The van der Waals surface area contributed by atoms with E-state index < -0.39 is 17.6 Å². The van der Waals surface area contributed by atoms with Gasteiger partial charge in [0.1, 0.15) is 6.61 Å². The Kier molecular flexibility index (Phi) is 4.28. The molecule has 1 aliphatic carbocycles. The van der Waals surface area contributed by atoms with E-state index in [-0.39, 0.29) is 12.7 Å². The molecule has 126 valence electrons. The number of nitrogens with two attached hydrogens (primary N) is 1. The number of ether oxygens (including phenoxy) is 1. The zero-order valence-electron chi connectivity index (χ0n) is 12.6. The summed E-state index contributed by atoms with van der Waals surface area (Å²) in [6.07, 6.45) is 0.0664. The number of nitrogens with zero attached hydrogens (tertiary/aromatic N) is 1. The summed E-state index contributed by atoms with van der Waals surface area (Å²) < 4.78 is 43.5. The first-order valence-electron chi connectivity index (χ1n) is 7.40. The van der Waals surface area contributed by atoms with Gasteiger partial charge in [0.2, 0.25) is 5.91 Å². The molecule has 2 aromatic rings. The minimum absolute atomic E-state index is 0.172. The number of amides is 1. The van der Waals surface area contributed by atoms with Crippen LogP contribution in [0.1, 0.15) is 29.2 Å². The highest BCUT2D eigenvalue weighted by Crippen LogP contribution is 2.39. The monoisotopic (exact) mass is 336 g/mol.